The van der Waals surface area contributed by atoms with Crippen LogP contribution in [0.3, 0.4) is 0 Å². The number of hydrogen-bond donors (Lipinski definition) is 3. The average Bonchev–Trinajstić information content (AvgIpc) is 2.90. The number of carboxylic acid groups (broad SMARTS) is 1. The Morgan fingerprint density at radius 3 is 2.80 bits per heavy atom. The van der Waals surface area contributed by atoms with Gasteiger partial charge in [0.15, 0.2) is 11.4 Å². The van der Waals surface area contributed by atoms with Crippen LogP contribution >= 0.6 is 0 Å². The molecule has 6 nitrogen and oxygen atoms in total. The van der Waals surface area contributed by atoms with E-state index in [0.29, 0.717) is 13.0 Å². The van der Waals surface area contributed by atoms with Crippen molar-refractivity contribution in [2.75, 3.05) is 6.54 Å². The Morgan fingerprint density at radius 1 is 1.35 bits per heavy atom. The number of aromatic carboxylic acids is 1. The Morgan fingerprint density at radius 2 is 2.10 bits per heavy atom. The minimum atomic E-state index is -1.20. The van der Waals surface area contributed by atoms with Crippen molar-refractivity contribution in [2.24, 2.45) is 0 Å². The molecule has 0 saturated heterocycles. The van der Waals surface area contributed by atoms with Gasteiger partial charge in [0.05, 0.1) is 6.33 Å². The Balaban J connectivity index is 1.94. The predicted octanol–water partition coefficient (Wildman–Crippen LogP) is 1.39. The molecule has 0 bridgehead atoms. The summed E-state index contributed by atoms with van der Waals surface area (Å²) in [5.41, 5.74) is 2.02. The minimum absolute atomic E-state index is 0.0951. The van der Waals surface area contributed by atoms with Gasteiger partial charge in [-0.25, -0.2) is 9.78 Å². The van der Waals surface area contributed by atoms with Crippen molar-refractivity contribution >= 4 is 11.9 Å². The third kappa shape index (κ3) is 3.03. The van der Waals surface area contributed by atoms with Gasteiger partial charge in [-0.1, -0.05) is 24.3 Å². The summed E-state index contributed by atoms with van der Waals surface area (Å²) in [4.78, 5) is 28.9. The molecule has 104 valence electrons. The Hall–Kier alpha value is -2.63. The molecule has 0 spiro atoms. The van der Waals surface area contributed by atoms with Crippen LogP contribution in [0.25, 0.3) is 0 Å². The molecular weight excluding hydrogens is 258 g/mol. The number of aryl methyl sites for hydroxylation is 1. The monoisotopic (exact) mass is 273 g/mol. The highest BCUT2D eigenvalue weighted by molar-refractivity contribution is 6.02. The molecule has 0 aliphatic rings. The SMILES string of the molecule is Cc1ccccc1CCNC(=O)c1nc[nH]c1C(=O)O. The van der Waals surface area contributed by atoms with Gasteiger partial charge >= 0.3 is 5.97 Å². The van der Waals surface area contributed by atoms with Gasteiger partial charge in [0, 0.05) is 6.54 Å². The largest absolute Gasteiger partial charge is 0.477 e. The van der Waals surface area contributed by atoms with E-state index >= 15 is 0 Å². The summed E-state index contributed by atoms with van der Waals surface area (Å²) in [5, 5.41) is 11.6. The Labute approximate surface area is 115 Å². The molecular formula is C14H15N3O3. The van der Waals surface area contributed by atoms with Crippen LogP contribution in [0, 0.1) is 6.92 Å². The van der Waals surface area contributed by atoms with Crippen molar-refractivity contribution in [3.63, 3.8) is 0 Å². The molecule has 1 aromatic heterocycles. The number of rotatable bonds is 5. The lowest BCUT2D eigenvalue weighted by Crippen LogP contribution is -2.27. The quantitative estimate of drug-likeness (QED) is 0.767. The second-order valence-electron chi connectivity index (χ2n) is 4.36. The number of benzene rings is 1. The van der Waals surface area contributed by atoms with Gasteiger partial charge in [-0.3, -0.25) is 4.79 Å². The zero-order chi connectivity index (χ0) is 14.5. The molecule has 20 heavy (non-hydrogen) atoms. The predicted molar refractivity (Wildman–Crippen MR) is 72.8 cm³/mol. The molecule has 6 heteroatoms. The number of aromatic nitrogens is 2. The van der Waals surface area contributed by atoms with Crippen LogP contribution in [-0.4, -0.2) is 33.5 Å². The summed E-state index contributed by atoms with van der Waals surface area (Å²) in [6, 6.07) is 7.91. The normalized spacial score (nSPS) is 10.2. The van der Waals surface area contributed by atoms with Gasteiger partial charge in [-0.15, -0.1) is 0 Å². The van der Waals surface area contributed by atoms with E-state index in [0.717, 1.165) is 11.1 Å². The number of H-pyrrole nitrogens is 1. The fraction of sp³-hybridized carbons (Fsp3) is 0.214. The molecule has 0 fully saturated rings. The van der Waals surface area contributed by atoms with Crippen LogP contribution in [0.4, 0.5) is 0 Å². The first-order valence-electron chi connectivity index (χ1n) is 6.19. The Bertz CT molecular complexity index is 634. The van der Waals surface area contributed by atoms with E-state index in [9.17, 15) is 9.59 Å². The molecule has 0 atom stereocenters. The average molecular weight is 273 g/mol. The third-order valence-corrected chi connectivity index (χ3v) is 3.01. The highest BCUT2D eigenvalue weighted by Crippen LogP contribution is 2.07. The van der Waals surface area contributed by atoms with Crippen LogP contribution in [0.5, 0.6) is 0 Å². The van der Waals surface area contributed by atoms with E-state index in [1.165, 1.54) is 6.33 Å². The number of carboxylic acids is 1. The van der Waals surface area contributed by atoms with Crippen LogP contribution in [0.2, 0.25) is 0 Å². The van der Waals surface area contributed by atoms with Crippen molar-refractivity contribution in [3.05, 3.63) is 53.1 Å². The fourth-order valence-corrected chi connectivity index (χ4v) is 1.91. The van der Waals surface area contributed by atoms with E-state index in [1.807, 2.05) is 31.2 Å². The fourth-order valence-electron chi connectivity index (χ4n) is 1.91. The van der Waals surface area contributed by atoms with Crippen LogP contribution < -0.4 is 5.32 Å². The molecule has 0 aliphatic heterocycles. The van der Waals surface area contributed by atoms with Gasteiger partial charge in [0.2, 0.25) is 0 Å². The second-order valence-corrected chi connectivity index (χ2v) is 4.36. The van der Waals surface area contributed by atoms with E-state index < -0.39 is 11.9 Å². The summed E-state index contributed by atoms with van der Waals surface area (Å²) in [6.07, 6.45) is 1.88. The van der Waals surface area contributed by atoms with E-state index in [-0.39, 0.29) is 11.4 Å². The molecule has 1 heterocycles. The lowest BCUT2D eigenvalue weighted by Gasteiger charge is -2.06. The number of hydrogen-bond acceptors (Lipinski definition) is 3. The first-order valence-corrected chi connectivity index (χ1v) is 6.19. The van der Waals surface area contributed by atoms with E-state index in [2.05, 4.69) is 15.3 Å². The topological polar surface area (TPSA) is 95.1 Å². The lowest BCUT2D eigenvalue weighted by molar-refractivity contribution is 0.0685. The number of carbonyl (C=O) groups excluding carboxylic acids is 1. The van der Waals surface area contributed by atoms with E-state index in [1.54, 1.807) is 0 Å². The van der Waals surface area contributed by atoms with Gasteiger partial charge in [0.1, 0.15) is 0 Å². The first-order chi connectivity index (χ1) is 9.59. The highest BCUT2D eigenvalue weighted by Gasteiger charge is 2.19. The molecule has 2 aromatic rings. The molecule has 0 aliphatic carbocycles. The minimum Gasteiger partial charge on any atom is -0.477 e. The summed E-state index contributed by atoms with van der Waals surface area (Å²) in [5.74, 6) is -1.69. The summed E-state index contributed by atoms with van der Waals surface area (Å²) >= 11 is 0. The number of nitrogens with one attached hydrogen (secondary N) is 2. The van der Waals surface area contributed by atoms with Crippen molar-refractivity contribution in [2.45, 2.75) is 13.3 Å². The smallest absolute Gasteiger partial charge is 0.354 e. The number of amides is 1. The number of carbonyl (C=O) groups is 2. The van der Waals surface area contributed by atoms with Crippen molar-refractivity contribution in [1.82, 2.24) is 15.3 Å². The molecule has 2 rings (SSSR count). The number of imidazole rings is 1. The van der Waals surface area contributed by atoms with E-state index in [4.69, 9.17) is 5.11 Å². The maximum absolute atomic E-state index is 11.8. The molecule has 0 radical (unpaired) electrons. The second kappa shape index (κ2) is 6.01. The first kappa shape index (κ1) is 13.8. The summed E-state index contributed by atoms with van der Waals surface area (Å²) in [6.45, 7) is 2.43. The van der Waals surface area contributed by atoms with Crippen LogP contribution in [-0.2, 0) is 6.42 Å². The number of nitrogens with zero attached hydrogens (tertiary/aromatic N) is 1. The maximum atomic E-state index is 11.8. The lowest BCUT2D eigenvalue weighted by atomic mass is 10.1. The molecule has 1 amide bonds. The van der Waals surface area contributed by atoms with Crippen molar-refractivity contribution in [1.29, 1.82) is 0 Å². The van der Waals surface area contributed by atoms with Crippen molar-refractivity contribution in [3.8, 4) is 0 Å². The van der Waals surface area contributed by atoms with Crippen molar-refractivity contribution < 1.29 is 14.7 Å². The Kier molecular flexibility index (Phi) is 4.14. The standard InChI is InChI=1S/C14H15N3O3/c1-9-4-2-3-5-10(9)6-7-15-13(18)11-12(14(19)20)17-8-16-11/h2-5,8H,6-7H2,1H3,(H,15,18)(H,16,17)(H,19,20). The van der Waals surface area contributed by atoms with Crippen LogP contribution in [0.1, 0.15) is 32.1 Å². The van der Waals surface area contributed by atoms with Crippen LogP contribution in [0.15, 0.2) is 30.6 Å². The zero-order valence-electron chi connectivity index (χ0n) is 11.0. The maximum Gasteiger partial charge on any atom is 0.354 e. The molecule has 3 N–H and O–H groups in total. The van der Waals surface area contributed by atoms with Gasteiger partial charge in [0.25, 0.3) is 5.91 Å². The molecule has 1 aromatic carbocycles. The zero-order valence-corrected chi connectivity index (χ0v) is 11.0. The van der Waals surface area contributed by atoms with Gasteiger partial charge in [-0.05, 0) is 24.5 Å². The van der Waals surface area contributed by atoms with Gasteiger partial charge in [-0.2, -0.15) is 0 Å². The molecule has 0 unspecified atom stereocenters. The number of aromatic amines is 1. The summed E-state index contributed by atoms with van der Waals surface area (Å²) in [7, 11) is 0. The van der Waals surface area contributed by atoms with Gasteiger partial charge < -0.3 is 15.4 Å². The summed E-state index contributed by atoms with van der Waals surface area (Å²) < 4.78 is 0. The molecule has 0 saturated carbocycles. The highest BCUT2D eigenvalue weighted by atomic mass is 16.4. The third-order valence-electron chi connectivity index (χ3n) is 3.01.